The molecule has 0 radical (unpaired) electrons. The Bertz CT molecular complexity index is 387. The van der Waals surface area contributed by atoms with Gasteiger partial charge in [0.15, 0.2) is 6.04 Å². The first-order valence-electron chi connectivity index (χ1n) is 6.94. The van der Waals surface area contributed by atoms with Crippen LogP contribution in [0.5, 0.6) is 0 Å². The minimum absolute atomic E-state index is 0.0808. The molecule has 8 nitrogen and oxygen atoms in total. The number of methoxy groups -OCH3 is 1. The number of nitrogens with one attached hydrogen (secondary N) is 1. The zero-order chi connectivity index (χ0) is 15.8. The summed E-state index contributed by atoms with van der Waals surface area (Å²) in [5.41, 5.74) is 0. The zero-order valence-electron chi connectivity index (χ0n) is 12.3. The van der Waals surface area contributed by atoms with E-state index in [2.05, 4.69) is 10.1 Å². The van der Waals surface area contributed by atoms with Gasteiger partial charge in [-0.05, 0) is 6.42 Å². The highest BCUT2D eigenvalue weighted by Crippen LogP contribution is 2.11. The minimum atomic E-state index is -0.972. The number of carboxylic acids is 1. The van der Waals surface area contributed by atoms with E-state index in [0.29, 0.717) is 13.0 Å². The monoisotopic (exact) mass is 302 g/mol. The van der Waals surface area contributed by atoms with Gasteiger partial charge < -0.3 is 24.8 Å². The van der Waals surface area contributed by atoms with Gasteiger partial charge in [0.25, 0.3) is 0 Å². The summed E-state index contributed by atoms with van der Waals surface area (Å²) in [4.78, 5) is 36.0. The molecule has 0 aliphatic carbocycles. The number of ether oxygens (including phenoxy) is 2. The van der Waals surface area contributed by atoms with Crippen molar-refractivity contribution >= 4 is 18.0 Å². The Morgan fingerprint density at radius 2 is 2.19 bits per heavy atom. The normalized spacial score (nSPS) is 19.7. The van der Waals surface area contributed by atoms with Crippen LogP contribution in [0.15, 0.2) is 0 Å². The van der Waals surface area contributed by atoms with E-state index >= 15 is 0 Å². The van der Waals surface area contributed by atoms with Crippen molar-refractivity contribution in [3.8, 4) is 0 Å². The second-order valence-corrected chi connectivity index (χ2v) is 4.84. The summed E-state index contributed by atoms with van der Waals surface area (Å²) >= 11 is 0. The van der Waals surface area contributed by atoms with Crippen LogP contribution in [0.2, 0.25) is 0 Å². The lowest BCUT2D eigenvalue weighted by Gasteiger charge is -2.34. The van der Waals surface area contributed by atoms with Crippen LogP contribution in [-0.2, 0) is 19.1 Å². The van der Waals surface area contributed by atoms with Crippen LogP contribution >= 0.6 is 0 Å². The third kappa shape index (κ3) is 5.22. The SMILES string of the molecule is CCCC(CC(=O)O)NC(=O)N1CCOCC1C(=O)OC. The Kier molecular flexibility index (Phi) is 6.93. The third-order valence-corrected chi connectivity index (χ3v) is 3.25. The number of esters is 1. The van der Waals surface area contributed by atoms with Crippen molar-refractivity contribution < 1.29 is 29.0 Å². The average Bonchev–Trinajstić information content (AvgIpc) is 2.46. The number of rotatable bonds is 6. The van der Waals surface area contributed by atoms with Crippen molar-refractivity contribution in [2.24, 2.45) is 0 Å². The lowest BCUT2D eigenvalue weighted by molar-refractivity contribution is -0.151. The fourth-order valence-electron chi connectivity index (χ4n) is 2.22. The number of nitrogens with zero attached hydrogens (tertiary/aromatic N) is 1. The zero-order valence-corrected chi connectivity index (χ0v) is 12.3. The van der Waals surface area contributed by atoms with E-state index in [4.69, 9.17) is 9.84 Å². The third-order valence-electron chi connectivity index (χ3n) is 3.25. The summed E-state index contributed by atoms with van der Waals surface area (Å²) in [7, 11) is 1.25. The Balaban J connectivity index is 2.69. The standard InChI is InChI=1S/C13H22N2O6/c1-3-4-9(7-11(16)17)14-13(19)15-5-6-21-8-10(15)12(18)20-2/h9-10H,3-8H2,1-2H3,(H,14,19)(H,16,17). The van der Waals surface area contributed by atoms with Gasteiger partial charge in [-0.3, -0.25) is 4.79 Å². The number of carbonyl (C=O) groups is 3. The van der Waals surface area contributed by atoms with Crippen molar-refractivity contribution in [2.45, 2.75) is 38.3 Å². The fraction of sp³-hybridized carbons (Fsp3) is 0.769. The van der Waals surface area contributed by atoms with Gasteiger partial charge in [-0.15, -0.1) is 0 Å². The summed E-state index contributed by atoms with van der Waals surface area (Å²) in [6.07, 6.45) is 1.17. The van der Waals surface area contributed by atoms with Gasteiger partial charge in [0.05, 0.1) is 26.7 Å². The maximum atomic E-state index is 12.3. The molecule has 0 bridgehead atoms. The lowest BCUT2D eigenvalue weighted by atomic mass is 10.1. The van der Waals surface area contributed by atoms with E-state index in [-0.39, 0.29) is 19.6 Å². The highest BCUT2D eigenvalue weighted by atomic mass is 16.5. The number of morpholine rings is 1. The molecule has 1 rings (SSSR count). The maximum Gasteiger partial charge on any atom is 0.331 e. The molecular formula is C13H22N2O6. The first-order valence-corrected chi connectivity index (χ1v) is 6.94. The number of carboxylic acid groups (broad SMARTS) is 1. The summed E-state index contributed by atoms with van der Waals surface area (Å²) in [5, 5.41) is 11.5. The Hall–Kier alpha value is -1.83. The Labute approximate surface area is 123 Å². The predicted octanol–water partition coefficient (Wildman–Crippen LogP) is 0.213. The first-order chi connectivity index (χ1) is 9.99. The Morgan fingerprint density at radius 1 is 1.48 bits per heavy atom. The topological polar surface area (TPSA) is 105 Å². The molecule has 2 amide bonds. The van der Waals surface area contributed by atoms with Crippen molar-refractivity contribution in [3.63, 3.8) is 0 Å². The van der Waals surface area contributed by atoms with Crippen LogP contribution in [0.4, 0.5) is 4.79 Å². The molecule has 0 saturated carbocycles. The summed E-state index contributed by atoms with van der Waals surface area (Å²) < 4.78 is 9.84. The summed E-state index contributed by atoms with van der Waals surface area (Å²) in [6.45, 7) is 2.58. The van der Waals surface area contributed by atoms with Gasteiger partial charge in [0.2, 0.25) is 0 Å². The molecular weight excluding hydrogens is 280 g/mol. The van der Waals surface area contributed by atoms with Crippen LogP contribution in [-0.4, -0.2) is 66.9 Å². The van der Waals surface area contributed by atoms with Crippen LogP contribution < -0.4 is 5.32 Å². The number of amides is 2. The summed E-state index contributed by atoms with van der Waals surface area (Å²) in [6, 6.07) is -1.72. The van der Waals surface area contributed by atoms with Gasteiger partial charge in [-0.1, -0.05) is 13.3 Å². The van der Waals surface area contributed by atoms with E-state index < -0.39 is 30.1 Å². The van der Waals surface area contributed by atoms with E-state index in [9.17, 15) is 14.4 Å². The van der Waals surface area contributed by atoms with Gasteiger partial charge in [0, 0.05) is 12.6 Å². The van der Waals surface area contributed by atoms with E-state index in [1.54, 1.807) is 0 Å². The molecule has 8 heteroatoms. The summed E-state index contributed by atoms with van der Waals surface area (Å²) in [5.74, 6) is -1.52. The van der Waals surface area contributed by atoms with Crippen molar-refractivity contribution in [1.29, 1.82) is 0 Å². The maximum absolute atomic E-state index is 12.3. The van der Waals surface area contributed by atoms with Crippen molar-refractivity contribution in [3.05, 3.63) is 0 Å². The van der Waals surface area contributed by atoms with E-state index in [1.165, 1.54) is 12.0 Å². The molecule has 120 valence electrons. The quantitative estimate of drug-likeness (QED) is 0.680. The number of carbonyl (C=O) groups excluding carboxylic acids is 2. The first kappa shape index (κ1) is 17.2. The van der Waals surface area contributed by atoms with Crippen LogP contribution in [0.3, 0.4) is 0 Å². The van der Waals surface area contributed by atoms with Crippen molar-refractivity contribution in [1.82, 2.24) is 10.2 Å². The van der Waals surface area contributed by atoms with E-state index in [0.717, 1.165) is 6.42 Å². The molecule has 1 aliphatic rings. The minimum Gasteiger partial charge on any atom is -0.481 e. The van der Waals surface area contributed by atoms with Gasteiger partial charge in [-0.2, -0.15) is 0 Å². The number of hydrogen-bond donors (Lipinski definition) is 2. The molecule has 0 spiro atoms. The number of aliphatic carboxylic acids is 1. The molecule has 0 aromatic carbocycles. The van der Waals surface area contributed by atoms with Crippen LogP contribution in [0, 0.1) is 0 Å². The predicted molar refractivity (Wildman–Crippen MR) is 72.8 cm³/mol. The fourth-order valence-corrected chi connectivity index (χ4v) is 2.22. The molecule has 2 unspecified atom stereocenters. The lowest BCUT2D eigenvalue weighted by Crippen LogP contribution is -2.57. The highest BCUT2D eigenvalue weighted by molar-refractivity contribution is 5.84. The number of urea groups is 1. The molecule has 1 heterocycles. The van der Waals surface area contributed by atoms with E-state index in [1.807, 2.05) is 6.92 Å². The molecule has 1 aliphatic heterocycles. The highest BCUT2D eigenvalue weighted by Gasteiger charge is 2.34. The second kappa shape index (κ2) is 8.46. The molecule has 2 atom stereocenters. The van der Waals surface area contributed by atoms with Gasteiger partial charge in [0.1, 0.15) is 0 Å². The molecule has 0 aromatic rings. The number of hydrogen-bond acceptors (Lipinski definition) is 5. The average molecular weight is 302 g/mol. The molecule has 1 fully saturated rings. The molecule has 21 heavy (non-hydrogen) atoms. The molecule has 2 N–H and O–H groups in total. The van der Waals surface area contributed by atoms with Crippen molar-refractivity contribution in [2.75, 3.05) is 26.9 Å². The van der Waals surface area contributed by atoms with Crippen LogP contribution in [0.1, 0.15) is 26.2 Å². The largest absolute Gasteiger partial charge is 0.481 e. The Morgan fingerprint density at radius 3 is 2.76 bits per heavy atom. The smallest absolute Gasteiger partial charge is 0.331 e. The van der Waals surface area contributed by atoms with Gasteiger partial charge in [-0.25, -0.2) is 9.59 Å². The second-order valence-electron chi connectivity index (χ2n) is 4.84. The van der Waals surface area contributed by atoms with Crippen LogP contribution in [0.25, 0.3) is 0 Å². The molecule has 1 saturated heterocycles. The van der Waals surface area contributed by atoms with Gasteiger partial charge >= 0.3 is 18.0 Å². The molecule has 0 aromatic heterocycles.